The number of hydrogen-bond acceptors (Lipinski definition) is 11. The van der Waals surface area contributed by atoms with Gasteiger partial charge in [0, 0.05) is 83.0 Å². The minimum atomic E-state index is -0.454. The van der Waals surface area contributed by atoms with E-state index in [9.17, 15) is 0 Å². The van der Waals surface area contributed by atoms with Crippen molar-refractivity contribution >= 4 is 135 Å². The van der Waals surface area contributed by atoms with Crippen LogP contribution in [0, 0.1) is 0 Å². The Kier molecular flexibility index (Phi) is 17.3. The molecule has 9 aromatic carbocycles. The highest BCUT2D eigenvalue weighted by atomic mass is 35.5. The van der Waals surface area contributed by atoms with E-state index in [0.29, 0.717) is 15.1 Å². The van der Waals surface area contributed by atoms with Gasteiger partial charge in [0.15, 0.2) is 0 Å². The first-order valence-electron chi connectivity index (χ1n) is 36.5. The first-order chi connectivity index (χ1) is 54.2. The normalized spacial score (nSPS) is 13.2. The lowest BCUT2D eigenvalue weighted by atomic mass is 9.78. The summed E-state index contributed by atoms with van der Waals surface area (Å²) in [7, 11) is -0.454. The number of aromatic amines is 1. The van der Waals surface area contributed by atoms with Crippen LogP contribution >= 0.6 is 34.8 Å². The number of rotatable bonds is 9. The van der Waals surface area contributed by atoms with Gasteiger partial charge in [-0.05, 0) is 238 Å². The van der Waals surface area contributed by atoms with Crippen molar-refractivity contribution in [1.82, 2.24) is 58.6 Å². The molecule has 12 heterocycles. The lowest BCUT2D eigenvalue weighted by Crippen LogP contribution is -2.41. The fraction of sp³-hybridized carbons (Fsp3) is 0.0645. The Morgan fingerprint density at radius 1 is 0.315 bits per heavy atom. The van der Waals surface area contributed by atoms with Gasteiger partial charge < -0.3 is 14.3 Å². The van der Waals surface area contributed by atoms with Crippen LogP contribution in [0.4, 0.5) is 0 Å². The third-order valence-electron chi connectivity index (χ3n) is 21.0. The number of H-pyrrole nitrogens is 1. The molecular weight excluding hydrogens is 1430 g/mol. The third kappa shape index (κ3) is 12.7. The van der Waals surface area contributed by atoms with Crippen molar-refractivity contribution in [3.8, 4) is 90.5 Å². The molecule has 0 saturated carbocycles. The molecule has 532 valence electrons. The zero-order valence-electron chi connectivity index (χ0n) is 60.4. The van der Waals surface area contributed by atoms with Crippen molar-refractivity contribution in [3.63, 3.8) is 0 Å². The van der Waals surface area contributed by atoms with Crippen molar-refractivity contribution < 1.29 is 9.31 Å². The minimum Gasteiger partial charge on any atom is -0.399 e. The van der Waals surface area contributed by atoms with E-state index in [-0.39, 0.29) is 0 Å². The fourth-order valence-electron chi connectivity index (χ4n) is 14.8. The molecule has 1 saturated heterocycles. The smallest absolute Gasteiger partial charge is 0.399 e. The predicted octanol–water partition coefficient (Wildman–Crippen LogP) is 23.1. The Labute approximate surface area is 652 Å². The SMILES string of the molecule is CC1(C)OB(c2ccc3c(c2)c2cc(-c4cccc(-c5ccccn5)n4)ccc2c2nc4ccccc4n32)OC1(C)C.Clc1ccc(Cl)c(-c2cc(-c3cccc(-c4ccccn4)n3)ccc2-c2nc3ccccc3[nH]2)c1.Clc1ccc2c(c1)c1cc(-c3cccc(-c4ccccn4)n3)ccc1c1nc3ccccc3n21. The molecule has 111 heavy (non-hydrogen) atoms. The topological polar surface area (TPSA) is 159 Å². The molecule has 0 unspecified atom stereocenters. The van der Waals surface area contributed by atoms with Crippen LogP contribution in [0.25, 0.3) is 178 Å². The minimum absolute atomic E-state index is 0.420. The number of nitrogens with one attached hydrogen (secondary N) is 1. The summed E-state index contributed by atoms with van der Waals surface area (Å²) in [6.45, 7) is 8.35. The monoisotopic (exact) mass is 1500 g/mol. The summed E-state index contributed by atoms with van der Waals surface area (Å²) in [6, 6.07) is 97.3. The Morgan fingerprint density at radius 2 is 0.757 bits per heavy atom. The second-order valence-corrected chi connectivity index (χ2v) is 29.7. The molecule has 0 amide bonds. The van der Waals surface area contributed by atoms with Crippen molar-refractivity contribution in [2.75, 3.05) is 0 Å². The van der Waals surface area contributed by atoms with Gasteiger partial charge in [-0.3, -0.25) is 23.8 Å². The summed E-state index contributed by atoms with van der Waals surface area (Å²) in [5.74, 6) is 0.763. The molecule has 0 aliphatic carbocycles. The number of aromatic nitrogens is 12. The molecule has 20 aromatic rings. The summed E-state index contributed by atoms with van der Waals surface area (Å²) in [5.41, 5.74) is 23.5. The molecule has 1 N–H and O–H groups in total. The van der Waals surface area contributed by atoms with Crippen LogP contribution in [-0.4, -0.2) is 77.0 Å². The zero-order valence-corrected chi connectivity index (χ0v) is 62.7. The van der Waals surface area contributed by atoms with Crippen LogP contribution < -0.4 is 5.46 Å². The summed E-state index contributed by atoms with van der Waals surface area (Å²) >= 11 is 19.5. The molecule has 11 aromatic heterocycles. The molecule has 1 aliphatic rings. The predicted molar refractivity (Wildman–Crippen MR) is 453 cm³/mol. The second-order valence-electron chi connectivity index (χ2n) is 28.4. The Bertz CT molecular complexity index is 7010. The van der Waals surface area contributed by atoms with Gasteiger partial charge in [-0.1, -0.05) is 138 Å². The van der Waals surface area contributed by atoms with Gasteiger partial charge in [0.05, 0.1) is 107 Å². The van der Waals surface area contributed by atoms with E-state index in [2.05, 4.69) is 166 Å². The maximum atomic E-state index is 6.66. The number of pyridine rings is 8. The highest BCUT2D eigenvalue weighted by Crippen LogP contribution is 2.43. The molecule has 0 atom stereocenters. The van der Waals surface area contributed by atoms with Gasteiger partial charge in [-0.2, -0.15) is 0 Å². The summed E-state index contributed by atoms with van der Waals surface area (Å²) in [5, 5.41) is 8.48. The van der Waals surface area contributed by atoms with Gasteiger partial charge in [0.2, 0.25) is 0 Å². The van der Waals surface area contributed by atoms with E-state index in [1.54, 1.807) is 24.7 Å². The van der Waals surface area contributed by atoms with E-state index < -0.39 is 18.3 Å². The molecule has 1 fully saturated rings. The molecular formula is C93H64BCl3N12O2. The zero-order chi connectivity index (χ0) is 75.1. The van der Waals surface area contributed by atoms with Crippen LogP contribution in [0.15, 0.2) is 310 Å². The van der Waals surface area contributed by atoms with Crippen LogP contribution in [-0.2, 0) is 9.31 Å². The molecule has 1 aliphatic heterocycles. The molecule has 0 radical (unpaired) electrons. The van der Waals surface area contributed by atoms with E-state index in [4.69, 9.17) is 74.0 Å². The maximum Gasteiger partial charge on any atom is 0.494 e. The van der Waals surface area contributed by atoms with Crippen molar-refractivity contribution in [2.24, 2.45) is 0 Å². The van der Waals surface area contributed by atoms with Crippen LogP contribution in [0.3, 0.4) is 0 Å². The largest absolute Gasteiger partial charge is 0.494 e. The molecule has 14 nitrogen and oxygen atoms in total. The molecule has 21 rings (SSSR count). The standard InChI is InChI=1S/C35H29BN4O2.C29H18Cl2N4.C29H17ClN4/c1-34(2)35(3,4)42-36(41-34)23-16-18-31-26(21-23)25-20-22(27-12-9-13-29(38-27)28-10-7-8-19-37-28)15-17-24(25)33-39-30-11-5-6-14-32(30)40(31)33;30-19-12-14-23(31)22(17-19)21-16-18(24-9-5-10-26(33-24)25-6-3-4-15-32-25)11-13-20(21)29-34-27-7-1-2-8-28(27)35-29;30-19-12-14-27-22(17-19)21-16-18(23-8-5-9-25(32-23)24-6-3-4-15-31-24)11-13-20(21)29-33-26-7-1-2-10-28(26)34(27)29/h5-21H,1-4H3;1-17H,(H,34,35);1-17H. The highest BCUT2D eigenvalue weighted by Gasteiger charge is 2.52. The van der Waals surface area contributed by atoms with Gasteiger partial charge in [0.1, 0.15) is 17.1 Å². The average Bonchev–Trinajstić information content (AvgIpc) is 1.62. The summed E-state index contributed by atoms with van der Waals surface area (Å²) in [6.07, 6.45) is 5.35. The number of fused-ring (bicyclic) bond motifs is 17. The van der Waals surface area contributed by atoms with E-state index in [1.165, 1.54) is 0 Å². The molecule has 0 bridgehead atoms. The van der Waals surface area contributed by atoms with E-state index >= 15 is 0 Å². The van der Waals surface area contributed by atoms with Gasteiger partial charge >= 0.3 is 7.12 Å². The van der Waals surface area contributed by atoms with Gasteiger partial charge in [0.25, 0.3) is 0 Å². The fourth-order valence-corrected chi connectivity index (χ4v) is 15.4. The maximum absolute atomic E-state index is 6.66. The number of hydrogen-bond donors (Lipinski definition) is 1. The van der Waals surface area contributed by atoms with Crippen molar-refractivity contribution in [2.45, 2.75) is 38.9 Å². The first kappa shape index (κ1) is 68.7. The quantitative estimate of drug-likeness (QED) is 0.108. The van der Waals surface area contributed by atoms with Crippen molar-refractivity contribution in [3.05, 3.63) is 325 Å². The van der Waals surface area contributed by atoms with Crippen LogP contribution in [0.5, 0.6) is 0 Å². The Hall–Kier alpha value is -12.9. The lowest BCUT2D eigenvalue weighted by Gasteiger charge is -2.32. The third-order valence-corrected chi connectivity index (χ3v) is 21.8. The number of para-hydroxylation sites is 6. The number of imidazole rings is 3. The average molecular weight is 1500 g/mol. The van der Waals surface area contributed by atoms with E-state index in [0.717, 1.165) is 184 Å². The van der Waals surface area contributed by atoms with Crippen LogP contribution in [0.1, 0.15) is 27.7 Å². The molecule has 0 spiro atoms. The van der Waals surface area contributed by atoms with Crippen LogP contribution in [0.2, 0.25) is 15.1 Å². The van der Waals surface area contributed by atoms with E-state index in [1.807, 2.05) is 176 Å². The number of nitrogens with zero attached hydrogens (tertiary/aromatic N) is 11. The van der Waals surface area contributed by atoms with Crippen molar-refractivity contribution in [1.29, 1.82) is 0 Å². The highest BCUT2D eigenvalue weighted by molar-refractivity contribution is 6.62. The number of halogens is 3. The number of benzene rings is 9. The lowest BCUT2D eigenvalue weighted by molar-refractivity contribution is 0.00578. The Morgan fingerprint density at radius 3 is 1.28 bits per heavy atom. The van der Waals surface area contributed by atoms with Gasteiger partial charge in [-0.15, -0.1) is 0 Å². The Balaban J connectivity index is 0.000000113. The summed E-state index contributed by atoms with van der Waals surface area (Å²) in [4.78, 5) is 46.5. The second kappa shape index (κ2) is 28.0. The molecule has 18 heteroatoms. The first-order valence-corrected chi connectivity index (χ1v) is 37.6. The van der Waals surface area contributed by atoms with Gasteiger partial charge in [-0.25, -0.2) is 29.9 Å². The summed E-state index contributed by atoms with van der Waals surface area (Å²) < 4.78 is 17.4.